The number of nitrogens with one attached hydrogen (secondary N) is 1. The van der Waals surface area contributed by atoms with Crippen molar-refractivity contribution in [2.75, 3.05) is 5.32 Å². The number of hydrogen-bond donors (Lipinski definition) is 4. The van der Waals surface area contributed by atoms with Crippen molar-refractivity contribution in [1.82, 2.24) is 0 Å². The van der Waals surface area contributed by atoms with E-state index in [0.717, 1.165) is 23.2 Å². The molecule has 1 atom stereocenters. The Morgan fingerprint density at radius 2 is 1.73 bits per heavy atom. The number of aromatic carboxylic acids is 1. The fraction of sp³-hybridized carbons (Fsp3) is 0.143. The average Bonchev–Trinajstić information content (AvgIpc) is 2.89. The fourth-order valence-electron chi connectivity index (χ4n) is 3.73. The van der Waals surface area contributed by atoms with Gasteiger partial charge in [0.05, 0.1) is 16.1 Å². The third-order valence-corrected chi connectivity index (χ3v) is 6.02. The molecule has 0 heterocycles. The van der Waals surface area contributed by atoms with E-state index in [1.165, 1.54) is 37.3 Å². The van der Waals surface area contributed by atoms with Gasteiger partial charge in [0.1, 0.15) is 11.5 Å². The van der Waals surface area contributed by atoms with Gasteiger partial charge in [-0.05, 0) is 54.8 Å². The zero-order chi connectivity index (χ0) is 26.9. The highest BCUT2D eigenvalue weighted by atomic mass is 35.5. The topological polar surface area (TPSA) is 103 Å². The summed E-state index contributed by atoms with van der Waals surface area (Å²) in [5.74, 6) is -3.74. The summed E-state index contributed by atoms with van der Waals surface area (Å²) in [5.41, 5.74) is 2.11. The molecule has 9 heteroatoms. The Balaban J connectivity index is 1.87. The number of nitrogens with two attached hydrogens (primary N) is 1. The highest BCUT2D eigenvalue weighted by Crippen LogP contribution is 2.29. The second-order valence-corrected chi connectivity index (χ2v) is 8.75. The van der Waals surface area contributed by atoms with Crippen LogP contribution in [0.1, 0.15) is 34.8 Å². The summed E-state index contributed by atoms with van der Waals surface area (Å²) in [5, 5.41) is 21.1. The van der Waals surface area contributed by atoms with Gasteiger partial charge in [-0.25, -0.2) is 18.8 Å². The summed E-state index contributed by atoms with van der Waals surface area (Å²) < 4.78 is 29.2. The summed E-state index contributed by atoms with van der Waals surface area (Å²) >= 11 is 5.85. The zero-order valence-electron chi connectivity index (χ0n) is 19.9. The largest absolute Gasteiger partial charge is 0.478 e. The molecule has 0 aliphatic rings. The van der Waals surface area contributed by atoms with E-state index in [0.29, 0.717) is 12.1 Å². The number of benzene rings is 3. The van der Waals surface area contributed by atoms with Crippen LogP contribution in [0.4, 0.5) is 14.5 Å². The van der Waals surface area contributed by atoms with Gasteiger partial charge >= 0.3 is 5.97 Å². The van der Waals surface area contributed by atoms with Gasteiger partial charge in [-0.1, -0.05) is 54.1 Å². The van der Waals surface area contributed by atoms with Crippen molar-refractivity contribution >= 4 is 34.7 Å². The molecule has 0 aliphatic carbocycles. The molecule has 0 saturated heterocycles. The monoisotopic (exact) mass is 527 g/mol. The lowest BCUT2D eigenvalue weighted by molar-refractivity contribution is -0.850. The minimum Gasteiger partial charge on any atom is -0.478 e. The van der Waals surface area contributed by atoms with Crippen LogP contribution in [0.15, 0.2) is 84.6 Å². The van der Waals surface area contributed by atoms with E-state index in [9.17, 15) is 23.6 Å². The lowest BCUT2D eigenvalue weighted by Crippen LogP contribution is -2.77. The highest BCUT2D eigenvalue weighted by molar-refractivity contribution is 6.31. The van der Waals surface area contributed by atoms with Gasteiger partial charge in [-0.15, -0.1) is 0 Å². The first-order chi connectivity index (χ1) is 17.7. The van der Waals surface area contributed by atoms with Crippen LogP contribution in [0.2, 0.25) is 5.02 Å². The van der Waals surface area contributed by atoms with Gasteiger partial charge in [-0.3, -0.25) is 4.79 Å². The average molecular weight is 528 g/mol. The van der Waals surface area contributed by atoms with Crippen LogP contribution in [0.3, 0.4) is 0 Å². The van der Waals surface area contributed by atoms with Crippen LogP contribution in [0.25, 0.3) is 5.57 Å². The molecule has 0 aliphatic heterocycles. The zero-order valence-corrected chi connectivity index (χ0v) is 20.7. The van der Waals surface area contributed by atoms with E-state index in [1.54, 1.807) is 6.08 Å². The molecule has 0 spiro atoms. The molecule has 6 nitrogen and oxygen atoms in total. The second-order valence-electron chi connectivity index (χ2n) is 8.34. The Morgan fingerprint density at radius 3 is 2.35 bits per heavy atom. The number of carboxylic acids is 1. The lowest BCUT2D eigenvalue weighted by Gasteiger charge is -2.16. The maximum atomic E-state index is 14.7. The van der Waals surface area contributed by atoms with Crippen LogP contribution in [-0.4, -0.2) is 22.2 Å². The van der Waals surface area contributed by atoms with Crippen LogP contribution in [-0.2, 0) is 11.2 Å². The van der Waals surface area contributed by atoms with Crippen LogP contribution in [0, 0.1) is 17.6 Å². The minimum atomic E-state index is -1.07. The molecule has 0 radical (unpaired) electrons. The molecule has 192 valence electrons. The number of hydroxylamine groups is 1. The van der Waals surface area contributed by atoms with Crippen molar-refractivity contribution in [3.63, 3.8) is 0 Å². The predicted octanol–water partition coefficient (Wildman–Crippen LogP) is 5.44. The molecule has 0 bridgehead atoms. The van der Waals surface area contributed by atoms with Crippen molar-refractivity contribution in [3.05, 3.63) is 118 Å². The molecule has 0 saturated carbocycles. The van der Waals surface area contributed by atoms with Gasteiger partial charge in [-0.2, -0.15) is 5.48 Å². The van der Waals surface area contributed by atoms with Crippen molar-refractivity contribution in [2.45, 2.75) is 19.8 Å². The maximum absolute atomic E-state index is 14.7. The Bertz CT molecular complexity index is 1330. The normalized spacial score (nSPS) is 12.8. The molecular weight excluding hydrogens is 502 g/mol. The Hall–Kier alpha value is -3.85. The number of hydrogen-bond acceptors (Lipinski definition) is 3. The van der Waals surface area contributed by atoms with Gasteiger partial charge in [0, 0.05) is 24.1 Å². The molecular formula is C28H26ClF2N2O4+. The summed E-state index contributed by atoms with van der Waals surface area (Å²) in [4.78, 5) is 24.2. The third kappa shape index (κ3) is 7.33. The van der Waals surface area contributed by atoms with Crippen LogP contribution < -0.4 is 10.8 Å². The Kier molecular flexibility index (Phi) is 9.68. The first-order valence-electron chi connectivity index (χ1n) is 11.4. The quantitative estimate of drug-likeness (QED) is 0.160. The van der Waals surface area contributed by atoms with Gasteiger partial charge < -0.3 is 10.4 Å². The van der Waals surface area contributed by atoms with Crippen LogP contribution >= 0.6 is 11.6 Å². The number of anilines is 1. The van der Waals surface area contributed by atoms with Gasteiger partial charge in [0.25, 0.3) is 0 Å². The van der Waals surface area contributed by atoms with Crippen molar-refractivity contribution < 1.29 is 34.2 Å². The highest BCUT2D eigenvalue weighted by Gasteiger charge is 2.21. The number of halogens is 3. The van der Waals surface area contributed by atoms with E-state index >= 15 is 0 Å². The van der Waals surface area contributed by atoms with E-state index in [-0.39, 0.29) is 39.7 Å². The van der Waals surface area contributed by atoms with E-state index in [2.05, 4.69) is 5.32 Å². The summed E-state index contributed by atoms with van der Waals surface area (Å²) in [7, 11) is 0. The molecule has 3 aromatic rings. The number of carbonyl (C=O) groups excluding carboxylic acids is 1. The number of carboxylic acid groups (broad SMARTS) is 1. The maximum Gasteiger partial charge on any atom is 0.335 e. The standard InChI is InChI=1S/C28H25ClF2N2O4/c1-17(33-37)22(25-24(30)15-14-23(29)26(25)31)9-5-8-20(16-18-6-3-2-4-7-18)27(34)32-21-12-10-19(11-13-21)28(35)36/h2-7,9-15,20,33,37H,8,16H2,1H3,(H,32,34)(H,35,36)/p+1/b9-5-,22-17+. The molecule has 0 aromatic heterocycles. The second kappa shape index (κ2) is 12.9. The fourth-order valence-corrected chi connectivity index (χ4v) is 3.89. The third-order valence-electron chi connectivity index (χ3n) is 5.73. The molecule has 37 heavy (non-hydrogen) atoms. The minimum absolute atomic E-state index is 0.0862. The predicted molar refractivity (Wildman–Crippen MR) is 137 cm³/mol. The number of quaternary nitrogens is 1. The Labute approximate surface area is 217 Å². The molecule has 5 N–H and O–H groups in total. The lowest BCUT2D eigenvalue weighted by atomic mass is 9.93. The van der Waals surface area contributed by atoms with Crippen LogP contribution in [0.5, 0.6) is 0 Å². The van der Waals surface area contributed by atoms with E-state index in [1.807, 2.05) is 30.3 Å². The summed E-state index contributed by atoms with van der Waals surface area (Å²) in [6.45, 7) is 1.49. The molecule has 0 fully saturated rings. The molecule has 1 amide bonds. The first kappa shape index (κ1) is 27.7. The molecule has 3 aromatic carbocycles. The van der Waals surface area contributed by atoms with Crippen molar-refractivity contribution in [2.24, 2.45) is 5.92 Å². The number of amides is 1. The number of carbonyl (C=O) groups is 2. The molecule has 1 unspecified atom stereocenters. The SMILES string of the molecule is C/C([NH2+]O)=C(/C=C\CC(Cc1ccccc1)C(=O)Nc1ccc(C(=O)O)cc1)c1c(F)ccc(Cl)c1F. The first-order valence-corrected chi connectivity index (χ1v) is 11.8. The smallest absolute Gasteiger partial charge is 0.335 e. The van der Waals surface area contributed by atoms with Gasteiger partial charge in [0.15, 0.2) is 5.82 Å². The van der Waals surface area contributed by atoms with E-state index < -0.39 is 23.5 Å². The number of allylic oxidation sites excluding steroid dienone is 4. The van der Waals surface area contributed by atoms with E-state index in [4.69, 9.17) is 16.7 Å². The van der Waals surface area contributed by atoms with Gasteiger partial charge in [0.2, 0.25) is 5.91 Å². The summed E-state index contributed by atoms with van der Waals surface area (Å²) in [6.07, 6.45) is 3.66. The van der Waals surface area contributed by atoms with Crippen molar-refractivity contribution in [1.29, 1.82) is 0 Å². The Morgan fingerprint density at radius 1 is 1.05 bits per heavy atom. The number of rotatable bonds is 10. The molecule has 3 rings (SSSR count). The van der Waals surface area contributed by atoms with Crippen molar-refractivity contribution in [3.8, 4) is 0 Å². The summed E-state index contributed by atoms with van der Waals surface area (Å²) in [6, 6.07) is 17.3.